The van der Waals surface area contributed by atoms with Crippen LogP contribution in [0.1, 0.15) is 12.8 Å². The van der Waals surface area contributed by atoms with Crippen LogP contribution < -0.4 is 5.32 Å². The molecule has 0 radical (unpaired) electrons. The summed E-state index contributed by atoms with van der Waals surface area (Å²) in [6.07, 6.45) is -3.24. The molecule has 0 bridgehead atoms. The van der Waals surface area contributed by atoms with Gasteiger partial charge < -0.3 is 5.32 Å². The second-order valence-corrected chi connectivity index (χ2v) is 3.90. The Balaban J connectivity index is 1.92. The van der Waals surface area contributed by atoms with E-state index in [-0.39, 0.29) is 13.0 Å². The van der Waals surface area contributed by atoms with Crippen molar-refractivity contribution < 1.29 is 13.2 Å². The van der Waals surface area contributed by atoms with Crippen LogP contribution in [0.25, 0.3) is 10.9 Å². The maximum absolute atomic E-state index is 11.9. The van der Waals surface area contributed by atoms with E-state index in [1.807, 2.05) is 24.3 Å². The third-order valence-electron chi connectivity index (χ3n) is 2.41. The van der Waals surface area contributed by atoms with Gasteiger partial charge in [0.05, 0.1) is 5.52 Å². The van der Waals surface area contributed by atoms with Crippen molar-refractivity contribution in [1.29, 1.82) is 0 Å². The Morgan fingerprint density at radius 1 is 1.17 bits per heavy atom. The molecule has 0 fully saturated rings. The number of aromatic nitrogens is 2. The van der Waals surface area contributed by atoms with E-state index in [0.717, 1.165) is 10.9 Å². The third-order valence-corrected chi connectivity index (χ3v) is 2.41. The quantitative estimate of drug-likeness (QED) is 0.851. The molecule has 0 saturated carbocycles. The predicted octanol–water partition coefficient (Wildman–Crippen LogP) is 3.38. The molecule has 0 amide bonds. The Morgan fingerprint density at radius 2 is 1.94 bits per heavy atom. The molecule has 0 spiro atoms. The van der Waals surface area contributed by atoms with Gasteiger partial charge in [-0.1, -0.05) is 18.2 Å². The van der Waals surface area contributed by atoms with E-state index in [1.165, 1.54) is 0 Å². The lowest BCUT2D eigenvalue weighted by Gasteiger charge is -2.07. The summed E-state index contributed by atoms with van der Waals surface area (Å²) >= 11 is 0. The van der Waals surface area contributed by atoms with Crippen molar-refractivity contribution in [2.45, 2.75) is 19.0 Å². The molecule has 6 heteroatoms. The molecule has 0 saturated heterocycles. The average Bonchev–Trinajstić information content (AvgIpc) is 2.33. The molecular weight excluding hydrogens is 243 g/mol. The summed E-state index contributed by atoms with van der Waals surface area (Å²) in [7, 11) is 0. The van der Waals surface area contributed by atoms with E-state index in [4.69, 9.17) is 0 Å². The maximum Gasteiger partial charge on any atom is 0.389 e. The van der Waals surface area contributed by atoms with Crippen molar-refractivity contribution in [1.82, 2.24) is 9.97 Å². The highest BCUT2D eigenvalue weighted by molar-refractivity contribution is 5.78. The number of benzene rings is 1. The van der Waals surface area contributed by atoms with Gasteiger partial charge in [-0.05, 0) is 12.5 Å². The molecule has 1 aromatic carbocycles. The fourth-order valence-electron chi connectivity index (χ4n) is 1.55. The Labute approximate surface area is 102 Å². The summed E-state index contributed by atoms with van der Waals surface area (Å²) < 4.78 is 35.8. The minimum atomic E-state index is -4.11. The van der Waals surface area contributed by atoms with E-state index < -0.39 is 12.6 Å². The monoisotopic (exact) mass is 255 g/mol. The average molecular weight is 255 g/mol. The molecule has 0 unspecified atom stereocenters. The molecule has 0 aliphatic heterocycles. The second kappa shape index (κ2) is 5.20. The highest BCUT2D eigenvalue weighted by Crippen LogP contribution is 2.21. The summed E-state index contributed by atoms with van der Waals surface area (Å²) in [5, 5.41) is 3.69. The molecule has 2 rings (SSSR count). The first-order valence-corrected chi connectivity index (χ1v) is 5.57. The van der Waals surface area contributed by atoms with Gasteiger partial charge in [0.25, 0.3) is 0 Å². The zero-order chi connectivity index (χ0) is 13.0. The summed E-state index contributed by atoms with van der Waals surface area (Å²) in [5.74, 6) is 0.357. The van der Waals surface area contributed by atoms with Gasteiger partial charge in [-0.3, -0.25) is 0 Å². The number of hydrogen-bond donors (Lipinski definition) is 1. The van der Waals surface area contributed by atoms with Crippen LogP contribution in [0.4, 0.5) is 19.1 Å². The lowest BCUT2D eigenvalue weighted by Crippen LogP contribution is -2.12. The number of nitrogens with one attached hydrogen (secondary N) is 1. The molecule has 2 aromatic rings. The molecule has 96 valence electrons. The topological polar surface area (TPSA) is 37.8 Å². The number of para-hydroxylation sites is 1. The zero-order valence-corrected chi connectivity index (χ0v) is 9.54. The first-order chi connectivity index (χ1) is 8.54. The molecule has 0 atom stereocenters. The van der Waals surface area contributed by atoms with Gasteiger partial charge >= 0.3 is 6.18 Å². The van der Waals surface area contributed by atoms with E-state index >= 15 is 0 Å². The number of anilines is 1. The van der Waals surface area contributed by atoms with Gasteiger partial charge in [-0.15, -0.1) is 0 Å². The number of hydrogen-bond acceptors (Lipinski definition) is 3. The number of rotatable bonds is 4. The fraction of sp³-hybridized carbons (Fsp3) is 0.333. The van der Waals surface area contributed by atoms with Crippen LogP contribution in [0.5, 0.6) is 0 Å². The highest BCUT2D eigenvalue weighted by Gasteiger charge is 2.25. The van der Waals surface area contributed by atoms with Gasteiger partial charge in [0.1, 0.15) is 0 Å². The van der Waals surface area contributed by atoms with Crippen molar-refractivity contribution in [3.8, 4) is 0 Å². The summed E-state index contributed by atoms with van der Waals surface area (Å²) in [6, 6.07) is 7.44. The fourth-order valence-corrected chi connectivity index (χ4v) is 1.55. The molecule has 0 aliphatic rings. The van der Waals surface area contributed by atoms with Crippen molar-refractivity contribution in [3.63, 3.8) is 0 Å². The first-order valence-electron chi connectivity index (χ1n) is 5.57. The summed E-state index contributed by atoms with van der Waals surface area (Å²) in [6.45, 7) is 0.206. The SMILES string of the molecule is FC(F)(F)CCCNc1ncc2ccccc2n1. The lowest BCUT2D eigenvalue weighted by atomic mass is 10.2. The van der Waals surface area contributed by atoms with Gasteiger partial charge in [0, 0.05) is 24.5 Å². The van der Waals surface area contributed by atoms with Crippen LogP contribution in [-0.2, 0) is 0 Å². The van der Waals surface area contributed by atoms with E-state index in [2.05, 4.69) is 15.3 Å². The highest BCUT2D eigenvalue weighted by atomic mass is 19.4. The Bertz CT molecular complexity index is 525. The zero-order valence-electron chi connectivity index (χ0n) is 9.54. The van der Waals surface area contributed by atoms with Crippen LogP contribution >= 0.6 is 0 Å². The summed E-state index contributed by atoms with van der Waals surface area (Å²) in [4.78, 5) is 8.24. The van der Waals surface area contributed by atoms with Gasteiger partial charge in [-0.2, -0.15) is 13.2 Å². The molecule has 1 aromatic heterocycles. The minimum Gasteiger partial charge on any atom is -0.354 e. The van der Waals surface area contributed by atoms with E-state index in [1.54, 1.807) is 6.20 Å². The van der Waals surface area contributed by atoms with Crippen LogP contribution in [0, 0.1) is 0 Å². The molecule has 0 aliphatic carbocycles. The Hall–Kier alpha value is -1.85. The van der Waals surface area contributed by atoms with Crippen molar-refractivity contribution >= 4 is 16.9 Å². The van der Waals surface area contributed by atoms with Gasteiger partial charge in [-0.25, -0.2) is 9.97 Å². The van der Waals surface area contributed by atoms with Crippen LogP contribution in [0.3, 0.4) is 0 Å². The van der Waals surface area contributed by atoms with Crippen LogP contribution in [0.15, 0.2) is 30.5 Å². The Morgan fingerprint density at radius 3 is 2.72 bits per heavy atom. The van der Waals surface area contributed by atoms with Crippen LogP contribution in [0.2, 0.25) is 0 Å². The number of fused-ring (bicyclic) bond motifs is 1. The Kier molecular flexibility index (Phi) is 3.64. The van der Waals surface area contributed by atoms with E-state index in [9.17, 15) is 13.2 Å². The molecule has 1 N–H and O–H groups in total. The second-order valence-electron chi connectivity index (χ2n) is 3.90. The number of nitrogens with zero attached hydrogens (tertiary/aromatic N) is 2. The maximum atomic E-state index is 11.9. The molecule has 18 heavy (non-hydrogen) atoms. The minimum absolute atomic E-state index is 0.0136. The van der Waals surface area contributed by atoms with Crippen molar-refractivity contribution in [2.24, 2.45) is 0 Å². The predicted molar refractivity (Wildman–Crippen MR) is 63.3 cm³/mol. The number of alkyl halides is 3. The van der Waals surface area contributed by atoms with Crippen molar-refractivity contribution in [2.75, 3.05) is 11.9 Å². The number of halogens is 3. The molecular formula is C12H12F3N3. The largest absolute Gasteiger partial charge is 0.389 e. The van der Waals surface area contributed by atoms with Crippen molar-refractivity contribution in [3.05, 3.63) is 30.5 Å². The molecule has 1 heterocycles. The van der Waals surface area contributed by atoms with Crippen LogP contribution in [-0.4, -0.2) is 22.7 Å². The normalized spacial score (nSPS) is 11.7. The molecule has 3 nitrogen and oxygen atoms in total. The smallest absolute Gasteiger partial charge is 0.354 e. The van der Waals surface area contributed by atoms with Gasteiger partial charge in [0.2, 0.25) is 5.95 Å². The standard InChI is InChI=1S/C12H12F3N3/c13-12(14,15)6-3-7-16-11-17-8-9-4-1-2-5-10(9)18-11/h1-2,4-5,8H,3,6-7H2,(H,16,17,18). The third kappa shape index (κ3) is 3.58. The summed E-state index contributed by atoms with van der Waals surface area (Å²) in [5.41, 5.74) is 0.769. The lowest BCUT2D eigenvalue weighted by molar-refractivity contribution is -0.134. The first kappa shape index (κ1) is 12.6. The van der Waals surface area contributed by atoms with Gasteiger partial charge in [0.15, 0.2) is 0 Å². The van der Waals surface area contributed by atoms with E-state index in [0.29, 0.717) is 5.95 Å².